The summed E-state index contributed by atoms with van der Waals surface area (Å²) in [6.45, 7) is -0.431. The SMILES string of the molecule is COC(=O)Nc1cc(OCc2ccccc2)c2c(cc(C(=O)OC)n2S(C)(=O)=O)c1C#CCO. The predicted octanol–water partition coefficient (Wildman–Crippen LogP) is 2.34. The molecule has 11 heteroatoms. The first kappa shape index (κ1) is 24.6. The number of amides is 1. The standard InChI is InChI=1S/C23H22N2O8S/c1-31-22(27)19-12-17-16(10-7-11-26)18(24-23(28)32-2)13-20(21(17)25(19)34(3,29)30)33-14-15-8-5-4-6-9-15/h4-6,8-9,12-13,26H,11,14H2,1-3H3,(H,24,28). The fourth-order valence-corrected chi connectivity index (χ4v) is 4.30. The molecule has 10 nitrogen and oxygen atoms in total. The van der Waals surface area contributed by atoms with Crippen molar-refractivity contribution in [3.8, 4) is 17.6 Å². The molecule has 0 spiro atoms. The van der Waals surface area contributed by atoms with Crippen LogP contribution in [0.5, 0.6) is 5.75 Å². The summed E-state index contributed by atoms with van der Waals surface area (Å²) in [6, 6.07) is 11.8. The second-order valence-electron chi connectivity index (χ2n) is 6.96. The molecule has 178 valence electrons. The number of anilines is 1. The van der Waals surface area contributed by atoms with E-state index in [1.165, 1.54) is 19.2 Å². The molecule has 34 heavy (non-hydrogen) atoms. The number of fused-ring (bicyclic) bond motifs is 1. The molecule has 3 rings (SSSR count). The van der Waals surface area contributed by atoms with Crippen LogP contribution in [0.1, 0.15) is 21.6 Å². The highest BCUT2D eigenvalue weighted by Crippen LogP contribution is 2.38. The van der Waals surface area contributed by atoms with Gasteiger partial charge in [0.15, 0.2) is 0 Å². The third-order valence-electron chi connectivity index (χ3n) is 4.68. The van der Waals surface area contributed by atoms with Crippen molar-refractivity contribution in [3.05, 3.63) is 59.3 Å². The fraction of sp³-hybridized carbons (Fsp3) is 0.217. The van der Waals surface area contributed by atoms with Crippen LogP contribution in [-0.4, -0.2) is 56.6 Å². The van der Waals surface area contributed by atoms with Gasteiger partial charge in [0.2, 0.25) is 10.0 Å². The Balaban J connectivity index is 2.39. The van der Waals surface area contributed by atoms with E-state index in [0.29, 0.717) is 0 Å². The van der Waals surface area contributed by atoms with Gasteiger partial charge in [-0.1, -0.05) is 42.2 Å². The van der Waals surface area contributed by atoms with Crippen molar-refractivity contribution >= 4 is 38.7 Å². The van der Waals surface area contributed by atoms with Crippen LogP contribution in [0.3, 0.4) is 0 Å². The van der Waals surface area contributed by atoms with Crippen LogP contribution in [0.25, 0.3) is 10.9 Å². The van der Waals surface area contributed by atoms with Gasteiger partial charge in [0.05, 0.1) is 31.7 Å². The molecule has 0 aliphatic rings. The van der Waals surface area contributed by atoms with Crippen LogP contribution in [0, 0.1) is 11.8 Å². The Bertz CT molecular complexity index is 1400. The van der Waals surface area contributed by atoms with E-state index >= 15 is 0 Å². The predicted molar refractivity (Wildman–Crippen MR) is 124 cm³/mol. The third kappa shape index (κ3) is 5.14. The minimum absolute atomic E-state index is 0.0245. The number of aliphatic hydroxyl groups is 1. The van der Waals surface area contributed by atoms with Crippen molar-refractivity contribution in [2.45, 2.75) is 6.61 Å². The number of carbonyl (C=O) groups is 2. The molecule has 0 unspecified atom stereocenters. The van der Waals surface area contributed by atoms with E-state index in [1.807, 2.05) is 30.3 Å². The number of nitrogens with one attached hydrogen (secondary N) is 1. The zero-order valence-electron chi connectivity index (χ0n) is 18.6. The van der Waals surface area contributed by atoms with Gasteiger partial charge in [-0.3, -0.25) is 5.32 Å². The van der Waals surface area contributed by atoms with E-state index in [0.717, 1.165) is 22.9 Å². The van der Waals surface area contributed by atoms with E-state index in [2.05, 4.69) is 21.9 Å². The summed E-state index contributed by atoms with van der Waals surface area (Å²) in [4.78, 5) is 24.4. The van der Waals surface area contributed by atoms with E-state index in [9.17, 15) is 23.1 Å². The number of rotatable bonds is 6. The van der Waals surface area contributed by atoms with Gasteiger partial charge in [0.1, 0.15) is 30.2 Å². The Kier molecular flexibility index (Phi) is 7.45. The van der Waals surface area contributed by atoms with Gasteiger partial charge in [-0.25, -0.2) is 22.0 Å². The zero-order valence-corrected chi connectivity index (χ0v) is 19.4. The lowest BCUT2D eigenvalue weighted by molar-refractivity contribution is 0.0593. The molecule has 1 heterocycles. The summed E-state index contributed by atoms with van der Waals surface area (Å²) in [5.74, 6) is 4.33. The zero-order chi connectivity index (χ0) is 24.9. The lowest BCUT2D eigenvalue weighted by Crippen LogP contribution is -2.18. The molecule has 0 aliphatic heterocycles. The molecule has 0 radical (unpaired) electrons. The molecule has 2 aromatic carbocycles. The molecule has 0 atom stereocenters. The smallest absolute Gasteiger partial charge is 0.411 e. The van der Waals surface area contributed by atoms with E-state index in [4.69, 9.17) is 9.47 Å². The Labute approximate surface area is 196 Å². The Morgan fingerprint density at radius 2 is 1.82 bits per heavy atom. The molecule has 3 aromatic rings. The molecule has 0 fully saturated rings. The number of hydrogen-bond donors (Lipinski definition) is 2. The molecule has 0 saturated carbocycles. The summed E-state index contributed by atoms with van der Waals surface area (Å²) in [5.41, 5.74) is 0.815. The average molecular weight is 487 g/mol. The third-order valence-corrected chi connectivity index (χ3v) is 5.73. The monoisotopic (exact) mass is 486 g/mol. The van der Waals surface area contributed by atoms with E-state index in [1.54, 1.807) is 0 Å². The summed E-state index contributed by atoms with van der Waals surface area (Å²) < 4.78 is 41.7. The van der Waals surface area contributed by atoms with Gasteiger partial charge in [-0.15, -0.1) is 0 Å². The quantitative estimate of drug-likeness (QED) is 0.401. The van der Waals surface area contributed by atoms with Gasteiger partial charge in [-0.05, 0) is 11.6 Å². The second-order valence-corrected chi connectivity index (χ2v) is 8.79. The minimum Gasteiger partial charge on any atom is -0.487 e. The Hall–Kier alpha value is -4.01. The normalized spacial score (nSPS) is 10.8. The van der Waals surface area contributed by atoms with Crippen LogP contribution >= 0.6 is 0 Å². The number of ether oxygens (including phenoxy) is 3. The number of aliphatic hydroxyl groups excluding tert-OH is 1. The summed E-state index contributed by atoms with van der Waals surface area (Å²) in [5, 5.41) is 11.9. The van der Waals surface area contributed by atoms with Crippen LogP contribution in [-0.2, 0) is 26.1 Å². The largest absolute Gasteiger partial charge is 0.487 e. The number of hydrogen-bond acceptors (Lipinski definition) is 8. The topological polar surface area (TPSA) is 133 Å². The molecule has 1 aromatic heterocycles. The minimum atomic E-state index is -4.03. The maximum Gasteiger partial charge on any atom is 0.411 e. The van der Waals surface area contributed by atoms with Gasteiger partial charge in [0.25, 0.3) is 0 Å². The van der Waals surface area contributed by atoms with Crippen LogP contribution in [0.4, 0.5) is 10.5 Å². The van der Waals surface area contributed by atoms with Crippen LogP contribution in [0.15, 0.2) is 42.5 Å². The number of methoxy groups -OCH3 is 2. The van der Waals surface area contributed by atoms with Gasteiger partial charge >= 0.3 is 12.1 Å². The van der Waals surface area contributed by atoms with Crippen molar-refractivity contribution in [1.82, 2.24) is 3.97 Å². The average Bonchev–Trinajstić information content (AvgIpc) is 3.23. The lowest BCUT2D eigenvalue weighted by Gasteiger charge is -2.15. The Morgan fingerprint density at radius 1 is 1.12 bits per heavy atom. The highest BCUT2D eigenvalue weighted by Gasteiger charge is 2.28. The second kappa shape index (κ2) is 10.3. The van der Waals surface area contributed by atoms with Crippen molar-refractivity contribution in [1.29, 1.82) is 0 Å². The molecule has 2 N–H and O–H groups in total. The number of carbonyl (C=O) groups excluding carboxylic acids is 2. The van der Waals surface area contributed by atoms with Gasteiger partial charge in [-0.2, -0.15) is 0 Å². The van der Waals surface area contributed by atoms with E-state index < -0.39 is 28.7 Å². The van der Waals surface area contributed by atoms with Crippen molar-refractivity contribution in [2.75, 3.05) is 32.4 Å². The van der Waals surface area contributed by atoms with Crippen molar-refractivity contribution < 1.29 is 37.3 Å². The Morgan fingerprint density at radius 3 is 2.41 bits per heavy atom. The maximum absolute atomic E-state index is 12.7. The first-order valence-corrected chi connectivity index (χ1v) is 11.7. The highest BCUT2D eigenvalue weighted by atomic mass is 32.2. The molecular weight excluding hydrogens is 464 g/mol. The fourth-order valence-electron chi connectivity index (χ4n) is 3.29. The van der Waals surface area contributed by atoms with Gasteiger partial charge < -0.3 is 19.3 Å². The number of benzene rings is 2. The van der Waals surface area contributed by atoms with Crippen molar-refractivity contribution in [3.63, 3.8) is 0 Å². The molecule has 0 saturated heterocycles. The summed E-state index contributed by atoms with van der Waals surface area (Å²) in [6.07, 6.45) is 0.121. The summed E-state index contributed by atoms with van der Waals surface area (Å²) in [7, 11) is -1.73. The number of esters is 1. The molecule has 0 aliphatic carbocycles. The molecule has 1 amide bonds. The first-order chi connectivity index (χ1) is 16.2. The number of aromatic nitrogens is 1. The molecular formula is C23H22N2O8S. The van der Waals surface area contributed by atoms with Crippen molar-refractivity contribution in [2.24, 2.45) is 0 Å². The van der Waals surface area contributed by atoms with Gasteiger partial charge in [0, 0.05) is 11.5 Å². The molecule has 0 bridgehead atoms. The maximum atomic E-state index is 12.7. The summed E-state index contributed by atoms with van der Waals surface area (Å²) >= 11 is 0. The lowest BCUT2D eigenvalue weighted by atomic mass is 10.1. The van der Waals surface area contributed by atoms with E-state index in [-0.39, 0.29) is 40.2 Å². The van der Waals surface area contributed by atoms with Crippen LogP contribution in [0.2, 0.25) is 0 Å². The first-order valence-electron chi connectivity index (χ1n) is 9.84. The highest BCUT2D eigenvalue weighted by molar-refractivity contribution is 7.89. The number of nitrogens with zero attached hydrogens (tertiary/aromatic N) is 1. The van der Waals surface area contributed by atoms with Crippen LogP contribution < -0.4 is 10.1 Å².